The fraction of sp³-hybridized carbons (Fsp3) is 0.550. The number of aryl methyl sites for hydroxylation is 1. The maximum atomic E-state index is 14.7. The van der Waals surface area contributed by atoms with E-state index in [1.54, 1.807) is 11.0 Å². The quantitative estimate of drug-likeness (QED) is 0.119. The summed E-state index contributed by atoms with van der Waals surface area (Å²) in [5, 5.41) is 10.9. The summed E-state index contributed by atoms with van der Waals surface area (Å²) in [6.07, 6.45) is 1.81. The van der Waals surface area contributed by atoms with Gasteiger partial charge in [0.25, 0.3) is 0 Å². The number of rotatable bonds is 8. The first-order valence-electron chi connectivity index (χ1n) is 19.5. The van der Waals surface area contributed by atoms with Gasteiger partial charge in [0, 0.05) is 73.7 Å². The number of halogens is 5. The van der Waals surface area contributed by atoms with Crippen molar-refractivity contribution < 1.29 is 31.5 Å². The first-order chi connectivity index (χ1) is 26.8. The van der Waals surface area contributed by atoms with Crippen LogP contribution in [0.1, 0.15) is 80.9 Å². The Kier molecular flexibility index (Phi) is 13.7. The van der Waals surface area contributed by atoms with E-state index in [9.17, 15) is 31.5 Å². The van der Waals surface area contributed by atoms with E-state index in [1.165, 1.54) is 6.07 Å². The standard InChI is InChI=1S/C22H29F2N3O2.C18H22F3N5S/c23-16-2-1-9-26(14-16)13-15-7-10-27(11-8-15)17-3-4-18(20(24)12-17)19-5-6-21(28)25-22(19)29;1-11-4-3-7-26(10-11)16-14(18(19,20)21)9-23-17(25-16)24-15-6-5-13(27-22)8-12(15)2/h3-4,12,15-16,19H,1-2,5-11,13-14H2,(H,25,28,29);5-6,8-9,11H,3-4,7,10,22H2,1-2H3,(H,23,24,25). The molecule has 56 heavy (non-hydrogen) atoms. The number of nitrogens with zero attached hydrogens (tertiary/aromatic N) is 5. The van der Waals surface area contributed by atoms with Gasteiger partial charge in [-0.05, 0) is 118 Å². The lowest BCUT2D eigenvalue weighted by molar-refractivity contribution is -0.138. The molecule has 0 bridgehead atoms. The average Bonchev–Trinajstić information content (AvgIpc) is 3.16. The Morgan fingerprint density at radius 3 is 2.39 bits per heavy atom. The van der Waals surface area contributed by atoms with Crippen molar-refractivity contribution in [2.24, 2.45) is 17.0 Å². The minimum Gasteiger partial charge on any atom is -0.371 e. The number of benzene rings is 2. The summed E-state index contributed by atoms with van der Waals surface area (Å²) in [6, 6.07) is 10.6. The highest BCUT2D eigenvalue weighted by Gasteiger charge is 2.38. The number of likely N-dealkylation sites (tertiary alicyclic amines) is 1. The molecule has 4 aliphatic rings. The van der Waals surface area contributed by atoms with Crippen molar-refractivity contribution in [2.45, 2.75) is 88.4 Å². The molecule has 4 aliphatic heterocycles. The molecule has 2 amide bonds. The summed E-state index contributed by atoms with van der Waals surface area (Å²) in [5.41, 5.74) is 2.03. The lowest BCUT2D eigenvalue weighted by Crippen LogP contribution is -2.43. The number of imide groups is 1. The molecule has 0 saturated carbocycles. The Bertz CT molecular complexity index is 1840. The Labute approximate surface area is 329 Å². The number of nitrogens with one attached hydrogen (secondary N) is 2. The summed E-state index contributed by atoms with van der Waals surface area (Å²) in [4.78, 5) is 38.5. The van der Waals surface area contributed by atoms with E-state index in [0.717, 1.165) is 98.3 Å². The molecule has 3 aromatic rings. The van der Waals surface area contributed by atoms with E-state index in [4.69, 9.17) is 5.14 Å². The van der Waals surface area contributed by atoms with Gasteiger partial charge in [0.15, 0.2) is 0 Å². The average molecular weight is 803 g/mol. The Hall–Kier alpha value is -4.02. The van der Waals surface area contributed by atoms with E-state index in [0.29, 0.717) is 49.9 Å². The fourth-order valence-corrected chi connectivity index (χ4v) is 8.51. The van der Waals surface area contributed by atoms with E-state index >= 15 is 0 Å². The van der Waals surface area contributed by atoms with Gasteiger partial charge in [-0.25, -0.2) is 13.8 Å². The second-order valence-corrected chi connectivity index (χ2v) is 16.2. The highest BCUT2D eigenvalue weighted by Crippen LogP contribution is 2.38. The minimum atomic E-state index is -4.50. The molecule has 5 heterocycles. The van der Waals surface area contributed by atoms with Crippen LogP contribution in [-0.4, -0.2) is 78.7 Å². The molecule has 1 aromatic heterocycles. The molecule has 4 N–H and O–H groups in total. The number of piperidine rings is 4. The summed E-state index contributed by atoms with van der Waals surface area (Å²) in [7, 11) is 0. The van der Waals surface area contributed by atoms with Gasteiger partial charge in [-0.15, -0.1) is 0 Å². The van der Waals surface area contributed by atoms with Gasteiger partial charge in [-0.2, -0.15) is 18.2 Å². The molecule has 0 aliphatic carbocycles. The Morgan fingerprint density at radius 2 is 1.73 bits per heavy atom. The molecule has 0 radical (unpaired) electrons. The molecule has 10 nitrogen and oxygen atoms in total. The number of nitrogens with two attached hydrogens (primary N) is 1. The van der Waals surface area contributed by atoms with Crippen LogP contribution in [0.25, 0.3) is 0 Å². The van der Waals surface area contributed by atoms with Gasteiger partial charge in [-0.1, -0.05) is 13.0 Å². The number of carbonyl (C=O) groups excluding carboxylic acids is 2. The third-order valence-corrected chi connectivity index (χ3v) is 11.7. The van der Waals surface area contributed by atoms with Gasteiger partial charge >= 0.3 is 6.18 Å². The van der Waals surface area contributed by atoms with Crippen LogP contribution in [0.5, 0.6) is 0 Å². The van der Waals surface area contributed by atoms with E-state index in [2.05, 4.69) is 30.4 Å². The number of amides is 2. The molecule has 2 aromatic carbocycles. The van der Waals surface area contributed by atoms with Crippen LogP contribution in [0.15, 0.2) is 47.5 Å². The van der Waals surface area contributed by atoms with Gasteiger partial charge in [0.1, 0.15) is 23.4 Å². The molecule has 3 atom stereocenters. The van der Waals surface area contributed by atoms with Gasteiger partial charge in [0.05, 0.1) is 5.92 Å². The summed E-state index contributed by atoms with van der Waals surface area (Å²) < 4.78 is 68.7. The minimum absolute atomic E-state index is 0.0571. The van der Waals surface area contributed by atoms with Crippen LogP contribution in [0, 0.1) is 24.6 Å². The zero-order valence-electron chi connectivity index (χ0n) is 31.9. The molecule has 0 spiro atoms. The van der Waals surface area contributed by atoms with E-state index < -0.39 is 29.7 Å². The maximum absolute atomic E-state index is 14.7. The second kappa shape index (κ2) is 18.5. The van der Waals surface area contributed by atoms with E-state index in [1.807, 2.05) is 38.1 Å². The first-order valence-corrected chi connectivity index (χ1v) is 20.3. The molecular weight excluding hydrogens is 752 g/mol. The third-order valence-electron chi connectivity index (χ3n) is 11.2. The van der Waals surface area contributed by atoms with Crippen LogP contribution < -0.4 is 25.6 Å². The summed E-state index contributed by atoms with van der Waals surface area (Å²) in [6.45, 7) is 9.27. The summed E-state index contributed by atoms with van der Waals surface area (Å²) >= 11 is 1.13. The van der Waals surface area contributed by atoms with Crippen molar-refractivity contribution in [1.29, 1.82) is 0 Å². The van der Waals surface area contributed by atoms with E-state index in [-0.39, 0.29) is 29.9 Å². The predicted molar refractivity (Wildman–Crippen MR) is 209 cm³/mol. The molecule has 16 heteroatoms. The van der Waals surface area contributed by atoms with Crippen LogP contribution in [-0.2, 0) is 15.8 Å². The Balaban J connectivity index is 0.000000190. The normalized spacial score (nSPS) is 22.7. The molecule has 3 unspecified atom stereocenters. The van der Waals surface area contributed by atoms with Crippen molar-refractivity contribution in [3.8, 4) is 0 Å². The van der Waals surface area contributed by atoms with Gasteiger partial charge in [0.2, 0.25) is 17.8 Å². The predicted octanol–water partition coefficient (Wildman–Crippen LogP) is 7.75. The number of anilines is 4. The number of hydrogen-bond acceptors (Lipinski definition) is 10. The number of carbonyl (C=O) groups is 2. The number of hydrogen-bond donors (Lipinski definition) is 3. The second-order valence-electron chi connectivity index (χ2n) is 15.5. The van der Waals surface area contributed by atoms with Crippen molar-refractivity contribution in [3.63, 3.8) is 0 Å². The zero-order valence-corrected chi connectivity index (χ0v) is 32.7. The smallest absolute Gasteiger partial charge is 0.371 e. The zero-order chi connectivity index (χ0) is 40.0. The maximum Gasteiger partial charge on any atom is 0.421 e. The monoisotopic (exact) mass is 802 g/mol. The fourth-order valence-electron chi connectivity index (χ4n) is 8.12. The lowest BCUT2D eigenvalue weighted by atomic mass is 9.89. The van der Waals surface area contributed by atoms with Crippen molar-refractivity contribution in [2.75, 3.05) is 60.9 Å². The SMILES string of the molecule is Cc1cc(SN)ccc1Nc1ncc(C(F)(F)F)c(N2CCCC(C)C2)n1.O=C1CCC(c2ccc(N3CCC(CN4CCCC(F)C4)CC3)cc2F)C(=O)N1. The number of alkyl halides is 4. The Morgan fingerprint density at radius 1 is 0.964 bits per heavy atom. The molecule has 7 rings (SSSR count). The van der Waals surface area contributed by atoms with Crippen LogP contribution in [0.2, 0.25) is 0 Å². The highest BCUT2D eigenvalue weighted by atomic mass is 32.2. The van der Waals surface area contributed by atoms with Crippen molar-refractivity contribution in [1.82, 2.24) is 20.2 Å². The highest BCUT2D eigenvalue weighted by molar-refractivity contribution is 7.97. The largest absolute Gasteiger partial charge is 0.421 e. The number of aromatic nitrogens is 2. The van der Waals surface area contributed by atoms with Crippen molar-refractivity contribution >= 4 is 46.9 Å². The molecule has 4 fully saturated rings. The lowest BCUT2D eigenvalue weighted by Gasteiger charge is -2.37. The molecule has 4 saturated heterocycles. The molecule has 304 valence electrons. The first kappa shape index (κ1) is 41.6. The molecular formula is C40H51F5N8O2S. The van der Waals surface area contributed by atoms with Crippen LogP contribution in [0.4, 0.5) is 45.1 Å². The van der Waals surface area contributed by atoms with Crippen LogP contribution in [0.3, 0.4) is 0 Å². The van der Waals surface area contributed by atoms with Crippen LogP contribution >= 0.6 is 11.9 Å². The topological polar surface area (TPSA) is 120 Å². The summed E-state index contributed by atoms with van der Waals surface area (Å²) in [5.74, 6) is -0.720. The van der Waals surface area contributed by atoms with Gasteiger partial charge < -0.3 is 20.0 Å². The third kappa shape index (κ3) is 10.7. The van der Waals surface area contributed by atoms with Gasteiger partial charge in [-0.3, -0.25) is 20.0 Å². The van der Waals surface area contributed by atoms with Crippen molar-refractivity contribution in [3.05, 3.63) is 65.1 Å².